The van der Waals surface area contributed by atoms with Crippen LogP contribution in [0.5, 0.6) is 0 Å². The van der Waals surface area contributed by atoms with Gasteiger partial charge in [-0.25, -0.2) is 0 Å². The molecular weight excluding hydrogens is 172 g/mol. The molecular formula is C9H13O4-. The van der Waals surface area contributed by atoms with E-state index in [9.17, 15) is 14.7 Å². The van der Waals surface area contributed by atoms with Crippen molar-refractivity contribution in [2.24, 2.45) is 0 Å². The van der Waals surface area contributed by atoms with Crippen LogP contribution < -0.4 is 5.11 Å². The van der Waals surface area contributed by atoms with Gasteiger partial charge in [0.25, 0.3) is 0 Å². The molecule has 0 fully saturated rings. The van der Waals surface area contributed by atoms with Crippen molar-refractivity contribution >= 4 is 11.9 Å². The maximum absolute atomic E-state index is 11.0. The van der Waals surface area contributed by atoms with Gasteiger partial charge < -0.3 is 14.6 Å². The molecule has 0 heterocycles. The molecule has 0 aliphatic carbocycles. The lowest BCUT2D eigenvalue weighted by molar-refractivity contribution is -0.299. The van der Waals surface area contributed by atoms with E-state index in [0.29, 0.717) is 6.42 Å². The molecule has 0 aromatic rings. The van der Waals surface area contributed by atoms with Crippen molar-refractivity contribution < 1.29 is 19.4 Å². The van der Waals surface area contributed by atoms with E-state index in [-0.39, 0.29) is 18.1 Å². The van der Waals surface area contributed by atoms with Crippen LogP contribution in [0.3, 0.4) is 0 Å². The number of ether oxygens (including phenoxy) is 1. The van der Waals surface area contributed by atoms with Crippen molar-refractivity contribution in [3.05, 3.63) is 12.2 Å². The predicted molar refractivity (Wildman–Crippen MR) is 44.6 cm³/mol. The van der Waals surface area contributed by atoms with Gasteiger partial charge in [0.05, 0.1) is 18.5 Å². The smallest absolute Gasteiger partial charge is 0.310 e. The molecule has 0 spiro atoms. The summed E-state index contributed by atoms with van der Waals surface area (Å²) in [6.45, 7) is 6.77. The number of carbonyl (C=O) groups is 2. The predicted octanol–water partition coefficient (Wildman–Crippen LogP) is 0.0243. The Morgan fingerprint density at radius 2 is 2.08 bits per heavy atom. The third kappa shape index (κ3) is 5.00. The molecule has 0 aliphatic heterocycles. The quantitative estimate of drug-likeness (QED) is 0.447. The van der Waals surface area contributed by atoms with Gasteiger partial charge in [-0.2, -0.15) is 0 Å². The highest BCUT2D eigenvalue weighted by Gasteiger charge is 2.09. The highest BCUT2D eigenvalue weighted by Crippen LogP contribution is 2.03. The molecule has 0 aromatic carbocycles. The average molecular weight is 185 g/mol. The molecule has 0 bridgehead atoms. The van der Waals surface area contributed by atoms with Gasteiger partial charge in [-0.15, -0.1) is 0 Å². The highest BCUT2D eigenvalue weighted by molar-refractivity contribution is 5.90. The maximum atomic E-state index is 11.0. The Kier molecular flexibility index (Phi) is 4.80. The maximum Gasteiger partial charge on any atom is 0.310 e. The van der Waals surface area contributed by atoms with Crippen LogP contribution >= 0.6 is 0 Å². The molecule has 0 rings (SSSR count). The Balaban J connectivity index is 3.88. The summed E-state index contributed by atoms with van der Waals surface area (Å²) in [7, 11) is 0. The Hall–Kier alpha value is -1.32. The number of carboxylic acids is 1. The second-order valence-corrected chi connectivity index (χ2v) is 2.78. The van der Waals surface area contributed by atoms with Crippen molar-refractivity contribution in [3.8, 4) is 0 Å². The van der Waals surface area contributed by atoms with Gasteiger partial charge in [0.1, 0.15) is 0 Å². The van der Waals surface area contributed by atoms with E-state index in [2.05, 4.69) is 6.58 Å². The van der Waals surface area contributed by atoms with Crippen molar-refractivity contribution in [2.75, 3.05) is 0 Å². The lowest BCUT2D eigenvalue weighted by Crippen LogP contribution is -2.26. The van der Waals surface area contributed by atoms with E-state index in [1.54, 1.807) is 6.92 Å². The molecule has 0 radical (unpaired) electrons. The van der Waals surface area contributed by atoms with E-state index in [4.69, 9.17) is 4.74 Å². The number of carbonyl (C=O) groups excluding carboxylic acids is 2. The Morgan fingerprint density at radius 3 is 2.46 bits per heavy atom. The van der Waals surface area contributed by atoms with Crippen LogP contribution in [0.2, 0.25) is 0 Å². The number of rotatable bonds is 5. The monoisotopic (exact) mass is 185 g/mol. The van der Waals surface area contributed by atoms with Crippen LogP contribution in [-0.4, -0.2) is 18.0 Å². The normalized spacial score (nSPS) is 11.8. The molecule has 1 atom stereocenters. The van der Waals surface area contributed by atoms with Crippen molar-refractivity contribution in [1.29, 1.82) is 0 Å². The molecule has 0 aliphatic rings. The average Bonchev–Trinajstić information content (AvgIpc) is 2.03. The largest absolute Gasteiger partial charge is 0.545 e. The summed E-state index contributed by atoms with van der Waals surface area (Å²) in [5, 5.41) is 10.2. The fourth-order valence-electron chi connectivity index (χ4n) is 0.596. The minimum atomic E-state index is -1.42. The Labute approximate surface area is 77.2 Å². The number of aliphatic carboxylic acids is 1. The molecule has 1 unspecified atom stereocenters. The highest BCUT2D eigenvalue weighted by atomic mass is 16.5. The zero-order chi connectivity index (χ0) is 10.4. The van der Waals surface area contributed by atoms with Crippen LogP contribution in [-0.2, 0) is 14.3 Å². The lowest BCUT2D eigenvalue weighted by Gasteiger charge is -2.11. The van der Waals surface area contributed by atoms with E-state index in [1.165, 1.54) is 0 Å². The van der Waals surface area contributed by atoms with Gasteiger partial charge in [0, 0.05) is 0 Å². The Bertz CT molecular complexity index is 220. The van der Waals surface area contributed by atoms with E-state index >= 15 is 0 Å². The van der Waals surface area contributed by atoms with Gasteiger partial charge in [-0.3, -0.25) is 4.79 Å². The molecule has 0 amide bonds. The number of hydrogen-bond donors (Lipinski definition) is 0. The summed E-state index contributed by atoms with van der Waals surface area (Å²) >= 11 is 0. The Morgan fingerprint density at radius 1 is 1.54 bits per heavy atom. The fraction of sp³-hybridized carbons (Fsp3) is 0.556. The molecule has 74 valence electrons. The molecule has 0 saturated heterocycles. The van der Waals surface area contributed by atoms with Crippen LogP contribution in [0.15, 0.2) is 12.2 Å². The van der Waals surface area contributed by atoms with Crippen LogP contribution in [0.1, 0.15) is 26.7 Å². The first-order chi connectivity index (χ1) is 5.97. The zero-order valence-corrected chi connectivity index (χ0v) is 7.83. The zero-order valence-electron chi connectivity index (χ0n) is 7.83. The number of hydrogen-bond acceptors (Lipinski definition) is 4. The first-order valence-electron chi connectivity index (χ1n) is 4.06. The summed E-state index contributed by atoms with van der Waals surface area (Å²) < 4.78 is 4.83. The van der Waals surface area contributed by atoms with Crippen LogP contribution in [0, 0.1) is 0 Å². The van der Waals surface area contributed by atoms with Crippen LogP contribution in [0.25, 0.3) is 0 Å². The molecule has 4 nitrogen and oxygen atoms in total. The fourth-order valence-corrected chi connectivity index (χ4v) is 0.596. The van der Waals surface area contributed by atoms with E-state index < -0.39 is 11.9 Å². The van der Waals surface area contributed by atoms with Crippen molar-refractivity contribution in [3.63, 3.8) is 0 Å². The molecule has 13 heavy (non-hydrogen) atoms. The van der Waals surface area contributed by atoms with E-state index in [1.807, 2.05) is 6.92 Å². The summed E-state index contributed by atoms with van der Waals surface area (Å²) in [6, 6.07) is 0. The van der Waals surface area contributed by atoms with Gasteiger partial charge in [-0.05, 0) is 18.9 Å². The minimum Gasteiger partial charge on any atom is -0.545 e. The SMILES string of the molecule is C=C(CC(=O)OC(C)CC)C(=O)[O-]. The van der Waals surface area contributed by atoms with Crippen molar-refractivity contribution in [2.45, 2.75) is 32.8 Å². The first kappa shape index (κ1) is 11.7. The minimum absolute atomic E-state index is 0.193. The third-order valence-corrected chi connectivity index (χ3v) is 1.55. The summed E-state index contributed by atoms with van der Waals surface area (Å²) in [4.78, 5) is 21.1. The van der Waals surface area contributed by atoms with Gasteiger partial charge >= 0.3 is 5.97 Å². The topological polar surface area (TPSA) is 66.4 Å². The van der Waals surface area contributed by atoms with Crippen molar-refractivity contribution in [1.82, 2.24) is 0 Å². The third-order valence-electron chi connectivity index (χ3n) is 1.55. The molecule has 0 N–H and O–H groups in total. The summed E-state index contributed by atoms with van der Waals surface area (Å²) in [5.41, 5.74) is -0.256. The lowest BCUT2D eigenvalue weighted by atomic mass is 10.2. The van der Waals surface area contributed by atoms with Gasteiger partial charge in [-0.1, -0.05) is 13.5 Å². The first-order valence-corrected chi connectivity index (χ1v) is 4.06. The standard InChI is InChI=1S/C9H14O4/c1-4-7(3)13-8(10)5-6(2)9(11)12/h7H,2,4-5H2,1,3H3,(H,11,12)/p-1. The second kappa shape index (κ2) is 5.35. The molecule has 0 saturated carbocycles. The second-order valence-electron chi connectivity index (χ2n) is 2.78. The number of carboxylic acid groups (broad SMARTS) is 1. The number of esters is 1. The van der Waals surface area contributed by atoms with Gasteiger partial charge in [0.15, 0.2) is 0 Å². The molecule has 0 aromatic heterocycles. The van der Waals surface area contributed by atoms with E-state index in [0.717, 1.165) is 0 Å². The summed E-state index contributed by atoms with van der Waals surface area (Å²) in [5.74, 6) is -2.00. The van der Waals surface area contributed by atoms with Gasteiger partial charge in [0.2, 0.25) is 0 Å². The molecule has 4 heteroatoms. The summed E-state index contributed by atoms with van der Waals surface area (Å²) in [6.07, 6.45) is 0.193. The van der Waals surface area contributed by atoms with Crippen LogP contribution in [0.4, 0.5) is 0 Å².